The molecule has 0 saturated heterocycles. The number of hydrogen-bond donors (Lipinski definition) is 3. The van der Waals surface area contributed by atoms with Crippen molar-refractivity contribution in [2.45, 2.75) is 18.9 Å². The summed E-state index contributed by atoms with van der Waals surface area (Å²) in [5.41, 5.74) is 5.40. The molecule has 4 N–H and O–H groups in total. The van der Waals surface area contributed by atoms with Crippen molar-refractivity contribution in [3.8, 4) is 0 Å². The average Bonchev–Trinajstić information content (AvgIpc) is 3.03. The van der Waals surface area contributed by atoms with Crippen molar-refractivity contribution in [2.75, 3.05) is 17.6 Å². The van der Waals surface area contributed by atoms with Crippen LogP contribution >= 0.6 is 11.6 Å². The van der Waals surface area contributed by atoms with E-state index in [0.717, 1.165) is 12.8 Å². The van der Waals surface area contributed by atoms with Gasteiger partial charge in [-0.3, -0.25) is 4.79 Å². The molecule has 2 rings (SSSR count). The van der Waals surface area contributed by atoms with Crippen LogP contribution in [0.3, 0.4) is 0 Å². The van der Waals surface area contributed by atoms with Crippen LogP contribution in [-0.4, -0.2) is 28.5 Å². The third-order valence-electron chi connectivity index (χ3n) is 2.12. The molecule has 6 nitrogen and oxygen atoms in total. The van der Waals surface area contributed by atoms with Gasteiger partial charge >= 0.3 is 0 Å². The zero-order valence-corrected chi connectivity index (χ0v) is 9.29. The summed E-state index contributed by atoms with van der Waals surface area (Å²) >= 11 is 5.82. The smallest absolute Gasteiger partial charge is 0.239 e. The normalized spacial score (nSPS) is 14.6. The lowest BCUT2D eigenvalue weighted by atomic mass is 10.5. The van der Waals surface area contributed by atoms with E-state index in [1.165, 1.54) is 6.20 Å². The summed E-state index contributed by atoms with van der Waals surface area (Å²) in [6, 6.07) is 0.347. The molecule has 1 amide bonds. The van der Waals surface area contributed by atoms with E-state index in [0.29, 0.717) is 16.9 Å². The van der Waals surface area contributed by atoms with E-state index in [1.807, 2.05) is 0 Å². The Morgan fingerprint density at radius 3 is 3.06 bits per heavy atom. The van der Waals surface area contributed by atoms with Crippen molar-refractivity contribution in [3.63, 3.8) is 0 Å². The van der Waals surface area contributed by atoms with Gasteiger partial charge < -0.3 is 16.4 Å². The van der Waals surface area contributed by atoms with Crippen molar-refractivity contribution in [3.05, 3.63) is 11.2 Å². The molecule has 0 atom stereocenters. The predicted molar refractivity (Wildman–Crippen MR) is 61.1 cm³/mol. The third kappa shape index (κ3) is 2.96. The molecule has 1 aliphatic carbocycles. The van der Waals surface area contributed by atoms with E-state index in [2.05, 4.69) is 20.6 Å². The van der Waals surface area contributed by atoms with Gasteiger partial charge in [0.15, 0.2) is 5.82 Å². The van der Waals surface area contributed by atoms with Crippen LogP contribution in [0.1, 0.15) is 12.8 Å². The number of hydrogen-bond acceptors (Lipinski definition) is 5. The minimum absolute atomic E-state index is 0.0734. The number of amides is 1. The number of nitrogen functional groups attached to an aromatic ring is 1. The Kier molecular flexibility index (Phi) is 3.09. The first-order chi connectivity index (χ1) is 7.65. The topological polar surface area (TPSA) is 92.9 Å². The highest BCUT2D eigenvalue weighted by Crippen LogP contribution is 2.19. The van der Waals surface area contributed by atoms with Crippen molar-refractivity contribution in [2.24, 2.45) is 0 Å². The molecule has 1 heterocycles. The fourth-order valence-electron chi connectivity index (χ4n) is 1.18. The van der Waals surface area contributed by atoms with E-state index in [-0.39, 0.29) is 18.4 Å². The Labute approximate surface area is 97.6 Å². The number of nitrogens with two attached hydrogens (primary N) is 1. The molecule has 1 fully saturated rings. The molecule has 86 valence electrons. The van der Waals surface area contributed by atoms with E-state index < -0.39 is 0 Å². The molecule has 0 spiro atoms. The number of carbonyl (C=O) groups is 1. The monoisotopic (exact) mass is 241 g/mol. The van der Waals surface area contributed by atoms with Gasteiger partial charge in [0.25, 0.3) is 0 Å². The molecule has 1 aromatic heterocycles. The second-order valence-electron chi connectivity index (χ2n) is 3.62. The van der Waals surface area contributed by atoms with Gasteiger partial charge in [-0.15, -0.1) is 0 Å². The van der Waals surface area contributed by atoms with Crippen molar-refractivity contribution in [1.82, 2.24) is 15.3 Å². The molecule has 0 aliphatic heterocycles. The molecular formula is C9H12ClN5O. The number of nitrogens with one attached hydrogen (secondary N) is 2. The quantitative estimate of drug-likeness (QED) is 0.710. The molecule has 1 saturated carbocycles. The fraction of sp³-hybridized carbons (Fsp3) is 0.444. The summed E-state index contributed by atoms with van der Waals surface area (Å²) < 4.78 is 0. The van der Waals surface area contributed by atoms with Gasteiger partial charge in [-0.1, -0.05) is 11.6 Å². The Bertz CT molecular complexity index is 407. The van der Waals surface area contributed by atoms with Crippen LogP contribution in [0.25, 0.3) is 0 Å². The van der Waals surface area contributed by atoms with Crippen LogP contribution in [0, 0.1) is 0 Å². The fourth-order valence-corrected chi connectivity index (χ4v) is 1.33. The lowest BCUT2D eigenvalue weighted by Gasteiger charge is -2.07. The average molecular weight is 242 g/mol. The lowest BCUT2D eigenvalue weighted by molar-refractivity contribution is -0.119. The van der Waals surface area contributed by atoms with Crippen LogP contribution in [0.5, 0.6) is 0 Å². The minimum atomic E-state index is -0.0734. The zero-order chi connectivity index (χ0) is 11.5. The van der Waals surface area contributed by atoms with Gasteiger partial charge in [-0.25, -0.2) is 4.98 Å². The van der Waals surface area contributed by atoms with Gasteiger partial charge in [-0.05, 0) is 12.8 Å². The lowest BCUT2D eigenvalue weighted by Crippen LogP contribution is -2.31. The first kappa shape index (κ1) is 10.9. The van der Waals surface area contributed by atoms with Crippen LogP contribution in [0.15, 0.2) is 6.20 Å². The number of halogens is 1. The van der Waals surface area contributed by atoms with Gasteiger partial charge in [0, 0.05) is 6.04 Å². The first-order valence-electron chi connectivity index (χ1n) is 4.96. The van der Waals surface area contributed by atoms with Gasteiger partial charge in [0.1, 0.15) is 5.02 Å². The summed E-state index contributed by atoms with van der Waals surface area (Å²) in [5, 5.41) is 5.99. The summed E-state index contributed by atoms with van der Waals surface area (Å²) in [4.78, 5) is 19.0. The largest absolute Gasteiger partial charge is 0.368 e. The first-order valence-corrected chi connectivity index (χ1v) is 5.34. The van der Waals surface area contributed by atoms with Crippen molar-refractivity contribution >= 4 is 29.3 Å². The molecule has 0 unspecified atom stereocenters. The van der Waals surface area contributed by atoms with Crippen LogP contribution < -0.4 is 16.4 Å². The van der Waals surface area contributed by atoms with Crippen LogP contribution in [0.2, 0.25) is 5.02 Å². The van der Waals surface area contributed by atoms with Crippen LogP contribution in [-0.2, 0) is 4.79 Å². The second kappa shape index (κ2) is 4.52. The predicted octanol–water partition coefficient (Wildman–Crippen LogP) is 0.403. The molecule has 0 aromatic carbocycles. The highest BCUT2D eigenvalue weighted by atomic mass is 35.5. The summed E-state index contributed by atoms with van der Waals surface area (Å²) in [7, 11) is 0. The van der Waals surface area contributed by atoms with E-state index in [1.54, 1.807) is 0 Å². The molecule has 0 bridgehead atoms. The molecule has 1 aromatic rings. The number of aromatic nitrogens is 2. The maximum Gasteiger partial charge on any atom is 0.239 e. The number of rotatable bonds is 4. The minimum Gasteiger partial charge on any atom is -0.368 e. The standard InChI is InChI=1S/C9H12ClN5O/c10-6-3-13-9(11)15-8(6)12-4-7(16)14-5-1-2-5/h3,5H,1-2,4H2,(H,14,16)(H3,11,12,13,15). The van der Waals surface area contributed by atoms with E-state index in [4.69, 9.17) is 17.3 Å². The number of anilines is 2. The highest BCUT2D eigenvalue weighted by Gasteiger charge is 2.22. The second-order valence-corrected chi connectivity index (χ2v) is 4.03. The summed E-state index contributed by atoms with van der Waals surface area (Å²) in [6.07, 6.45) is 3.52. The Morgan fingerprint density at radius 2 is 2.38 bits per heavy atom. The number of carbonyl (C=O) groups excluding carboxylic acids is 1. The van der Waals surface area contributed by atoms with Crippen molar-refractivity contribution < 1.29 is 4.79 Å². The molecule has 7 heteroatoms. The van der Waals surface area contributed by atoms with E-state index >= 15 is 0 Å². The van der Waals surface area contributed by atoms with Crippen LogP contribution in [0.4, 0.5) is 11.8 Å². The SMILES string of the molecule is Nc1ncc(Cl)c(NCC(=O)NC2CC2)n1. The summed E-state index contributed by atoms with van der Waals surface area (Å²) in [5.74, 6) is 0.422. The molecule has 16 heavy (non-hydrogen) atoms. The maximum atomic E-state index is 11.4. The van der Waals surface area contributed by atoms with Gasteiger partial charge in [-0.2, -0.15) is 4.98 Å². The molecular weight excluding hydrogens is 230 g/mol. The van der Waals surface area contributed by atoms with Crippen molar-refractivity contribution in [1.29, 1.82) is 0 Å². The number of nitrogens with zero attached hydrogens (tertiary/aromatic N) is 2. The zero-order valence-electron chi connectivity index (χ0n) is 8.53. The Balaban J connectivity index is 1.87. The maximum absolute atomic E-state index is 11.4. The molecule has 1 aliphatic rings. The Hall–Kier alpha value is -1.56. The Morgan fingerprint density at radius 1 is 1.62 bits per heavy atom. The molecule has 0 radical (unpaired) electrons. The van der Waals surface area contributed by atoms with E-state index in [9.17, 15) is 4.79 Å². The van der Waals surface area contributed by atoms with Gasteiger partial charge in [0.2, 0.25) is 11.9 Å². The summed E-state index contributed by atoms with van der Waals surface area (Å²) in [6.45, 7) is 0.132. The van der Waals surface area contributed by atoms with Gasteiger partial charge in [0.05, 0.1) is 12.7 Å². The third-order valence-corrected chi connectivity index (χ3v) is 2.40. The highest BCUT2D eigenvalue weighted by molar-refractivity contribution is 6.32.